The van der Waals surface area contributed by atoms with E-state index >= 15 is 0 Å². The Morgan fingerprint density at radius 1 is 1.40 bits per heavy atom. The first-order valence-electron chi connectivity index (χ1n) is 7.88. The number of aliphatic hydroxyl groups is 1. The molecule has 3 rings (SSSR count). The number of benzene rings is 1. The summed E-state index contributed by atoms with van der Waals surface area (Å²) in [6, 6.07) is 4.25. The Hall–Kier alpha value is -3.00. The monoisotopic (exact) mass is 342 g/mol. The summed E-state index contributed by atoms with van der Waals surface area (Å²) >= 11 is 0. The molecule has 8 nitrogen and oxygen atoms in total. The minimum Gasteiger partial charge on any atom is -0.508 e. The van der Waals surface area contributed by atoms with Crippen LogP contribution in [0.2, 0.25) is 0 Å². The normalized spacial score (nSPS) is 13.6. The van der Waals surface area contributed by atoms with E-state index in [4.69, 9.17) is 5.11 Å². The fourth-order valence-electron chi connectivity index (χ4n) is 2.93. The van der Waals surface area contributed by atoms with Gasteiger partial charge >= 0.3 is 5.69 Å². The van der Waals surface area contributed by atoms with Gasteiger partial charge < -0.3 is 20.1 Å². The Kier molecular flexibility index (Phi) is 4.62. The molecule has 25 heavy (non-hydrogen) atoms. The molecule has 8 heteroatoms. The predicted molar refractivity (Wildman–Crippen MR) is 94.2 cm³/mol. The third kappa shape index (κ3) is 3.29. The third-order valence-corrected chi connectivity index (χ3v) is 4.13. The van der Waals surface area contributed by atoms with Crippen LogP contribution in [0.4, 0.5) is 11.5 Å². The van der Waals surface area contributed by atoms with Gasteiger partial charge in [0.25, 0.3) is 0 Å². The number of phenols is 1. The maximum absolute atomic E-state index is 11.8. The topological polar surface area (TPSA) is 119 Å². The average Bonchev–Trinajstić information content (AvgIpc) is 2.58. The van der Waals surface area contributed by atoms with Crippen molar-refractivity contribution in [3.63, 3.8) is 0 Å². The summed E-state index contributed by atoms with van der Waals surface area (Å²) in [6.07, 6.45) is 2.67. The molecule has 3 N–H and O–H groups in total. The second-order valence-corrected chi connectivity index (χ2v) is 5.88. The SMILES string of the molecule is C=c1[nH]c(=O)nc2c1=Cc1ccc(O)cc1N2C[C@H](CCCO)N=O. The molecule has 1 atom stereocenters. The Bertz CT molecular complexity index is 970. The zero-order valence-corrected chi connectivity index (χ0v) is 13.5. The number of rotatable bonds is 6. The van der Waals surface area contributed by atoms with Crippen molar-refractivity contribution >= 4 is 24.2 Å². The summed E-state index contributed by atoms with van der Waals surface area (Å²) in [5.74, 6) is 0.427. The van der Waals surface area contributed by atoms with E-state index in [1.54, 1.807) is 23.1 Å². The van der Waals surface area contributed by atoms with Crippen LogP contribution in [0.1, 0.15) is 18.4 Å². The third-order valence-electron chi connectivity index (χ3n) is 4.13. The van der Waals surface area contributed by atoms with Gasteiger partial charge in [-0.05, 0) is 36.6 Å². The Labute approximate surface area is 142 Å². The standard InChI is InChI=1S/C17H18N4O4/c1-10-14-7-11-4-5-13(23)8-15(11)21(16(14)19-17(24)18-10)9-12(20-25)3-2-6-22/h4-5,7-8,12,22-23H,1-3,6,9H2,(H,18,24)/t12-/m0/s1. The number of aromatic hydroxyl groups is 1. The fourth-order valence-corrected chi connectivity index (χ4v) is 2.93. The number of H-pyrrole nitrogens is 1. The summed E-state index contributed by atoms with van der Waals surface area (Å²) in [5, 5.41) is 23.0. The van der Waals surface area contributed by atoms with Gasteiger partial charge in [0.2, 0.25) is 0 Å². The molecule has 0 radical (unpaired) electrons. The lowest BCUT2D eigenvalue weighted by Crippen LogP contribution is -2.44. The van der Waals surface area contributed by atoms with Crippen LogP contribution >= 0.6 is 0 Å². The van der Waals surface area contributed by atoms with Crippen LogP contribution in [0.25, 0.3) is 12.7 Å². The van der Waals surface area contributed by atoms with Gasteiger partial charge in [-0.2, -0.15) is 9.89 Å². The van der Waals surface area contributed by atoms with E-state index in [0.29, 0.717) is 34.9 Å². The number of nitrogens with zero attached hydrogens (tertiary/aromatic N) is 3. The highest BCUT2D eigenvalue weighted by molar-refractivity contribution is 5.79. The van der Waals surface area contributed by atoms with Gasteiger partial charge in [0.05, 0.1) is 12.2 Å². The lowest BCUT2D eigenvalue weighted by atomic mass is 10.0. The van der Waals surface area contributed by atoms with Gasteiger partial charge in [-0.3, -0.25) is 0 Å². The Morgan fingerprint density at radius 3 is 2.92 bits per heavy atom. The van der Waals surface area contributed by atoms with Crippen molar-refractivity contribution < 1.29 is 10.2 Å². The largest absolute Gasteiger partial charge is 0.508 e. The van der Waals surface area contributed by atoms with Crippen LogP contribution < -0.4 is 21.2 Å². The van der Waals surface area contributed by atoms with Crippen LogP contribution in [0, 0.1) is 4.91 Å². The average molecular weight is 342 g/mol. The molecular formula is C17H18N4O4. The molecule has 0 spiro atoms. The molecule has 1 aliphatic rings. The summed E-state index contributed by atoms with van der Waals surface area (Å²) < 4.78 is 0. The van der Waals surface area contributed by atoms with E-state index in [2.05, 4.69) is 21.7 Å². The number of nitrogens with one attached hydrogen (secondary N) is 1. The van der Waals surface area contributed by atoms with E-state index in [9.17, 15) is 14.8 Å². The van der Waals surface area contributed by atoms with Gasteiger partial charge in [-0.15, -0.1) is 0 Å². The van der Waals surface area contributed by atoms with Crippen LogP contribution in [-0.4, -0.2) is 39.4 Å². The molecular weight excluding hydrogens is 324 g/mol. The highest BCUT2D eigenvalue weighted by atomic mass is 16.3. The number of aliphatic hydroxyl groups excluding tert-OH is 1. The lowest BCUT2D eigenvalue weighted by molar-refractivity contribution is 0.280. The van der Waals surface area contributed by atoms with E-state index < -0.39 is 11.7 Å². The second-order valence-electron chi connectivity index (χ2n) is 5.88. The predicted octanol–water partition coefficient (Wildman–Crippen LogP) is 0.0736. The molecule has 0 aliphatic carbocycles. The molecule has 0 saturated heterocycles. The van der Waals surface area contributed by atoms with Gasteiger partial charge in [-0.25, -0.2) is 4.79 Å². The molecule has 0 fully saturated rings. The maximum Gasteiger partial charge on any atom is 0.347 e. The highest BCUT2D eigenvalue weighted by Gasteiger charge is 2.24. The molecule has 130 valence electrons. The molecule has 2 heterocycles. The Balaban J connectivity index is 2.15. The number of hydrogen-bond donors (Lipinski definition) is 3. The summed E-state index contributed by atoms with van der Waals surface area (Å²) in [5.41, 5.74) is 0.884. The fraction of sp³-hybridized carbons (Fsp3) is 0.294. The van der Waals surface area contributed by atoms with Crippen LogP contribution in [0.3, 0.4) is 0 Å². The molecule has 0 amide bonds. The molecule has 1 aromatic carbocycles. The van der Waals surface area contributed by atoms with E-state index in [-0.39, 0.29) is 18.9 Å². The summed E-state index contributed by atoms with van der Waals surface area (Å²) in [7, 11) is 0. The van der Waals surface area contributed by atoms with Crippen LogP contribution in [0.5, 0.6) is 5.75 Å². The van der Waals surface area contributed by atoms with Gasteiger partial charge in [0.1, 0.15) is 17.6 Å². The van der Waals surface area contributed by atoms with Crippen molar-refractivity contribution in [3.8, 4) is 5.75 Å². The first kappa shape index (κ1) is 16.8. The van der Waals surface area contributed by atoms with Gasteiger partial charge in [-0.1, -0.05) is 11.8 Å². The quantitative estimate of drug-likeness (QED) is 0.640. The summed E-state index contributed by atoms with van der Waals surface area (Å²) in [6.45, 7) is 3.99. The van der Waals surface area contributed by atoms with Gasteiger partial charge in [0, 0.05) is 23.2 Å². The molecule has 0 bridgehead atoms. The van der Waals surface area contributed by atoms with Crippen molar-refractivity contribution in [3.05, 3.63) is 49.7 Å². The molecule has 0 saturated carbocycles. The molecule has 1 aliphatic heterocycles. The Morgan fingerprint density at radius 2 is 2.20 bits per heavy atom. The highest BCUT2D eigenvalue weighted by Crippen LogP contribution is 2.32. The number of nitroso groups, excluding NO2 is 1. The van der Waals surface area contributed by atoms with E-state index in [0.717, 1.165) is 5.56 Å². The first-order valence-corrected chi connectivity index (χ1v) is 7.88. The van der Waals surface area contributed by atoms with Crippen molar-refractivity contribution in [1.82, 2.24) is 9.97 Å². The zero-order chi connectivity index (χ0) is 18.0. The minimum absolute atomic E-state index is 0.0330. The first-order chi connectivity index (χ1) is 12.0. The second kappa shape index (κ2) is 6.86. The number of phenolic OH excluding ortho intramolecular Hbond substituents is 1. The minimum atomic E-state index is -0.595. The van der Waals surface area contributed by atoms with E-state index in [1.807, 2.05) is 6.08 Å². The van der Waals surface area contributed by atoms with Crippen molar-refractivity contribution in [2.24, 2.45) is 5.18 Å². The van der Waals surface area contributed by atoms with Crippen LogP contribution in [-0.2, 0) is 0 Å². The van der Waals surface area contributed by atoms with Crippen LogP contribution in [0.15, 0.2) is 28.2 Å². The van der Waals surface area contributed by atoms with Crippen molar-refractivity contribution in [2.45, 2.75) is 18.9 Å². The zero-order valence-electron chi connectivity index (χ0n) is 13.5. The smallest absolute Gasteiger partial charge is 0.347 e. The molecule has 0 unspecified atom stereocenters. The lowest BCUT2D eigenvalue weighted by Gasteiger charge is -2.30. The van der Waals surface area contributed by atoms with Crippen molar-refractivity contribution in [2.75, 3.05) is 18.1 Å². The molecule has 1 aromatic heterocycles. The number of anilines is 2. The van der Waals surface area contributed by atoms with E-state index in [1.165, 1.54) is 0 Å². The summed E-state index contributed by atoms with van der Waals surface area (Å²) in [4.78, 5) is 31.3. The number of aromatic nitrogens is 2. The van der Waals surface area contributed by atoms with Crippen molar-refractivity contribution in [1.29, 1.82) is 0 Å². The van der Waals surface area contributed by atoms with Gasteiger partial charge in [0.15, 0.2) is 0 Å². The maximum atomic E-state index is 11.8. The number of hydrogen-bond acceptors (Lipinski definition) is 7. The molecule has 2 aromatic rings. The number of fused-ring (bicyclic) bond motifs is 2. The number of aromatic amines is 1.